The molecule has 1 aromatic rings. The van der Waals surface area contributed by atoms with E-state index in [1.165, 1.54) is 19.1 Å². The first-order valence-electron chi connectivity index (χ1n) is 5.55. The van der Waals surface area contributed by atoms with Gasteiger partial charge in [-0.05, 0) is 25.1 Å². The van der Waals surface area contributed by atoms with Crippen LogP contribution in [0.2, 0.25) is 5.02 Å². The number of carbonyl (C=O) groups is 2. The maximum atomic E-state index is 12.9. The monoisotopic (exact) mass is 290 g/mol. The fourth-order valence-electron chi connectivity index (χ4n) is 1.31. The zero-order valence-electron chi connectivity index (χ0n) is 10.2. The maximum absolute atomic E-state index is 12.9. The highest BCUT2D eigenvalue weighted by Crippen LogP contribution is 2.15. The van der Waals surface area contributed by atoms with Crippen molar-refractivity contribution in [1.82, 2.24) is 10.6 Å². The lowest BCUT2D eigenvalue weighted by Crippen LogP contribution is -2.45. The first-order valence-corrected chi connectivity index (χ1v) is 5.93. The van der Waals surface area contributed by atoms with E-state index in [1.54, 1.807) is 0 Å². The van der Waals surface area contributed by atoms with Crippen LogP contribution in [0.25, 0.3) is 0 Å². The van der Waals surface area contributed by atoms with E-state index in [4.69, 9.17) is 11.6 Å². The number of amides is 2. The highest BCUT2D eigenvalue weighted by Gasteiger charge is 2.16. The van der Waals surface area contributed by atoms with Gasteiger partial charge in [0.25, 0.3) is 5.91 Å². The van der Waals surface area contributed by atoms with E-state index >= 15 is 0 Å². The summed E-state index contributed by atoms with van der Waals surface area (Å²) < 4.78 is 24.8. The minimum atomic E-state index is -0.831. The predicted octanol–water partition coefficient (Wildman–Crippen LogP) is 1.68. The van der Waals surface area contributed by atoms with Crippen molar-refractivity contribution in [3.63, 3.8) is 0 Å². The molecule has 2 amide bonds. The quantitative estimate of drug-likeness (QED) is 0.867. The lowest BCUT2D eigenvalue weighted by Gasteiger charge is -2.13. The van der Waals surface area contributed by atoms with Crippen LogP contribution in [0.3, 0.4) is 0 Å². The van der Waals surface area contributed by atoms with Gasteiger partial charge in [0, 0.05) is 12.1 Å². The number of nitrogens with one attached hydrogen (secondary N) is 2. The number of rotatable bonds is 5. The summed E-state index contributed by atoms with van der Waals surface area (Å²) in [4.78, 5) is 23.2. The smallest absolute Gasteiger partial charge is 0.251 e. The minimum absolute atomic E-state index is 0.110. The second-order valence-corrected chi connectivity index (χ2v) is 4.21. The van der Waals surface area contributed by atoms with E-state index < -0.39 is 30.3 Å². The second kappa shape index (κ2) is 7.04. The molecule has 1 aromatic carbocycles. The van der Waals surface area contributed by atoms with Crippen molar-refractivity contribution in [3.05, 3.63) is 34.6 Å². The Morgan fingerprint density at radius 3 is 2.68 bits per heavy atom. The van der Waals surface area contributed by atoms with Crippen molar-refractivity contribution in [2.45, 2.75) is 13.0 Å². The van der Waals surface area contributed by atoms with Crippen LogP contribution in [-0.4, -0.2) is 31.1 Å². The molecule has 19 heavy (non-hydrogen) atoms. The highest BCUT2D eigenvalue weighted by atomic mass is 35.5. The van der Waals surface area contributed by atoms with Crippen LogP contribution in [0.5, 0.6) is 0 Å². The van der Waals surface area contributed by atoms with Crippen molar-refractivity contribution < 1.29 is 18.4 Å². The number of benzene rings is 1. The Morgan fingerprint density at radius 2 is 2.11 bits per heavy atom. The van der Waals surface area contributed by atoms with Gasteiger partial charge >= 0.3 is 0 Å². The molecule has 0 radical (unpaired) electrons. The van der Waals surface area contributed by atoms with Crippen molar-refractivity contribution in [2.75, 3.05) is 13.2 Å². The van der Waals surface area contributed by atoms with Crippen LogP contribution in [0.4, 0.5) is 8.78 Å². The summed E-state index contributed by atoms with van der Waals surface area (Å²) in [6.45, 7) is 0.665. The Morgan fingerprint density at radius 1 is 1.42 bits per heavy atom. The fraction of sp³-hybridized carbons (Fsp3) is 0.333. The van der Waals surface area contributed by atoms with Crippen LogP contribution >= 0.6 is 11.6 Å². The van der Waals surface area contributed by atoms with Gasteiger partial charge in [-0.2, -0.15) is 0 Å². The average Bonchev–Trinajstić information content (AvgIpc) is 2.38. The minimum Gasteiger partial charge on any atom is -0.352 e. The first-order chi connectivity index (χ1) is 8.95. The standard InChI is InChI=1S/C12H13ClF2N2O2/c1-7(11(18)16-5-4-14)17-12(19)8-2-3-10(15)9(13)6-8/h2-3,6-7H,4-5H2,1H3,(H,16,18)(H,17,19)/t7-/m0/s1. The second-order valence-electron chi connectivity index (χ2n) is 3.80. The zero-order chi connectivity index (χ0) is 14.4. The summed E-state index contributed by atoms with van der Waals surface area (Å²) in [7, 11) is 0. The summed E-state index contributed by atoms with van der Waals surface area (Å²) in [5.41, 5.74) is 0.136. The lowest BCUT2D eigenvalue weighted by molar-refractivity contribution is -0.122. The molecule has 1 atom stereocenters. The van der Waals surface area contributed by atoms with Crippen LogP contribution in [0, 0.1) is 5.82 Å². The molecule has 7 heteroatoms. The Hall–Kier alpha value is -1.69. The third-order valence-electron chi connectivity index (χ3n) is 2.32. The molecule has 0 bridgehead atoms. The van der Waals surface area contributed by atoms with Crippen molar-refractivity contribution in [3.8, 4) is 0 Å². The van der Waals surface area contributed by atoms with E-state index in [2.05, 4.69) is 10.6 Å². The fourth-order valence-corrected chi connectivity index (χ4v) is 1.49. The zero-order valence-corrected chi connectivity index (χ0v) is 10.9. The van der Waals surface area contributed by atoms with Crippen LogP contribution in [-0.2, 0) is 4.79 Å². The van der Waals surface area contributed by atoms with E-state index in [1.807, 2.05) is 0 Å². The maximum Gasteiger partial charge on any atom is 0.251 e. The van der Waals surface area contributed by atoms with Crippen LogP contribution < -0.4 is 10.6 Å². The third kappa shape index (κ3) is 4.48. The number of carbonyl (C=O) groups excluding carboxylic acids is 2. The third-order valence-corrected chi connectivity index (χ3v) is 2.61. The molecule has 0 unspecified atom stereocenters. The van der Waals surface area contributed by atoms with Gasteiger partial charge in [0.1, 0.15) is 18.5 Å². The molecular formula is C12H13ClF2N2O2. The first kappa shape index (κ1) is 15.4. The summed E-state index contributed by atoms with van der Waals surface area (Å²) in [5.74, 6) is -1.70. The van der Waals surface area contributed by atoms with Crippen LogP contribution in [0.1, 0.15) is 17.3 Å². The molecule has 0 aromatic heterocycles. The molecule has 0 saturated carbocycles. The van der Waals surface area contributed by atoms with E-state index in [-0.39, 0.29) is 17.1 Å². The number of halogens is 3. The van der Waals surface area contributed by atoms with Gasteiger partial charge in [-0.3, -0.25) is 9.59 Å². The summed E-state index contributed by atoms with van der Waals surface area (Å²) >= 11 is 5.55. The topological polar surface area (TPSA) is 58.2 Å². The van der Waals surface area contributed by atoms with Gasteiger partial charge < -0.3 is 10.6 Å². The molecule has 0 spiro atoms. The molecule has 0 aliphatic heterocycles. The predicted molar refractivity (Wildman–Crippen MR) is 67.3 cm³/mol. The van der Waals surface area contributed by atoms with Gasteiger partial charge in [-0.15, -0.1) is 0 Å². The Bertz CT molecular complexity index is 483. The Labute approximate surface area is 114 Å². The van der Waals surface area contributed by atoms with E-state index in [0.717, 1.165) is 6.07 Å². The largest absolute Gasteiger partial charge is 0.352 e. The molecule has 0 aliphatic carbocycles. The molecule has 1 rings (SSSR count). The van der Waals surface area contributed by atoms with Gasteiger partial charge in [0.2, 0.25) is 5.91 Å². The SMILES string of the molecule is C[C@H](NC(=O)c1ccc(F)c(Cl)c1)C(=O)NCCF. The molecule has 104 valence electrons. The Balaban J connectivity index is 2.63. The lowest BCUT2D eigenvalue weighted by atomic mass is 10.2. The van der Waals surface area contributed by atoms with E-state index in [0.29, 0.717) is 0 Å². The summed E-state index contributed by atoms with van der Waals surface area (Å²) in [5, 5.41) is 4.51. The van der Waals surface area contributed by atoms with Gasteiger partial charge in [-0.25, -0.2) is 8.78 Å². The molecule has 2 N–H and O–H groups in total. The van der Waals surface area contributed by atoms with Crippen molar-refractivity contribution >= 4 is 23.4 Å². The number of hydrogen-bond acceptors (Lipinski definition) is 2. The average molecular weight is 291 g/mol. The highest BCUT2D eigenvalue weighted by molar-refractivity contribution is 6.31. The van der Waals surface area contributed by atoms with E-state index in [9.17, 15) is 18.4 Å². The Kier molecular flexibility index (Phi) is 5.69. The molecule has 4 nitrogen and oxygen atoms in total. The van der Waals surface area contributed by atoms with Crippen molar-refractivity contribution in [1.29, 1.82) is 0 Å². The molecule has 0 aliphatic rings. The molecule has 0 fully saturated rings. The number of hydrogen-bond donors (Lipinski definition) is 2. The van der Waals surface area contributed by atoms with Gasteiger partial charge in [0.05, 0.1) is 5.02 Å². The summed E-state index contributed by atoms with van der Waals surface area (Å²) in [6.07, 6.45) is 0. The van der Waals surface area contributed by atoms with Gasteiger partial charge in [0.15, 0.2) is 0 Å². The molecular weight excluding hydrogens is 278 g/mol. The van der Waals surface area contributed by atoms with Gasteiger partial charge in [-0.1, -0.05) is 11.6 Å². The van der Waals surface area contributed by atoms with Crippen molar-refractivity contribution in [2.24, 2.45) is 0 Å². The van der Waals surface area contributed by atoms with Crippen LogP contribution in [0.15, 0.2) is 18.2 Å². The molecule has 0 saturated heterocycles. The number of alkyl halides is 1. The summed E-state index contributed by atoms with van der Waals surface area (Å²) in [6, 6.07) is 2.65. The normalized spacial score (nSPS) is 11.8. The molecule has 0 heterocycles.